The number of hydrogen-bond donors (Lipinski definition) is 2. The van der Waals surface area contributed by atoms with Crippen molar-refractivity contribution in [3.05, 3.63) is 76.8 Å². The average Bonchev–Trinajstić information content (AvgIpc) is 2.68. The minimum absolute atomic E-state index is 0.0203. The molecule has 2 aromatic carbocycles. The quantitative estimate of drug-likeness (QED) is 0.618. The molecule has 28 heavy (non-hydrogen) atoms. The van der Waals surface area contributed by atoms with Gasteiger partial charge in [-0.3, -0.25) is 4.79 Å². The van der Waals surface area contributed by atoms with Crippen molar-refractivity contribution in [2.45, 2.75) is 31.7 Å². The molecule has 3 rings (SSSR count). The number of phenols is 1. The van der Waals surface area contributed by atoms with Gasteiger partial charge in [-0.05, 0) is 25.0 Å². The van der Waals surface area contributed by atoms with Gasteiger partial charge in [0.25, 0.3) is 0 Å². The first kappa shape index (κ1) is 20.4. The van der Waals surface area contributed by atoms with E-state index in [0.29, 0.717) is 30.0 Å². The number of rotatable bonds is 7. The summed E-state index contributed by atoms with van der Waals surface area (Å²) in [6.45, 7) is 0.429. The molecule has 1 unspecified atom stereocenters. The van der Waals surface area contributed by atoms with Crippen LogP contribution in [0.1, 0.15) is 42.8 Å². The summed E-state index contributed by atoms with van der Waals surface area (Å²) in [5.41, 5.74) is 1.45. The van der Waals surface area contributed by atoms with E-state index in [1.54, 1.807) is 18.2 Å². The minimum atomic E-state index is -0.816. The Bertz CT molecular complexity index is 835. The maximum Gasteiger partial charge on any atom is 0.303 e. The van der Waals surface area contributed by atoms with Crippen molar-refractivity contribution in [1.82, 2.24) is 0 Å². The second kappa shape index (κ2) is 9.73. The molecule has 3 atom stereocenters. The zero-order chi connectivity index (χ0) is 19.9. The standard InChI is InChI=1S/C22H23ClO5/c23-18-11-6-4-9-16(18)22-27-14-15(8-2-1-3-13-20(25)26)21(28-22)17-10-5-7-12-19(17)24/h1-2,4-7,9-12,15,21-22,24H,3,8,13-14H2,(H,25,26)/t15-,21+,22?/m1/s1. The Balaban J connectivity index is 1.77. The molecule has 1 aliphatic rings. The SMILES string of the molecule is O=C(O)CCC=CC[C@@H]1COC(c2ccccc2Cl)O[C@@H]1c1ccccc1O. The summed E-state index contributed by atoms with van der Waals surface area (Å²) in [7, 11) is 0. The van der Waals surface area contributed by atoms with E-state index in [9.17, 15) is 9.90 Å². The molecule has 0 radical (unpaired) electrons. The highest BCUT2D eigenvalue weighted by Gasteiger charge is 2.35. The van der Waals surface area contributed by atoms with Gasteiger partial charge >= 0.3 is 5.97 Å². The number of hydrogen-bond acceptors (Lipinski definition) is 4. The highest BCUT2D eigenvalue weighted by atomic mass is 35.5. The first-order chi connectivity index (χ1) is 13.6. The van der Waals surface area contributed by atoms with Crippen molar-refractivity contribution in [3.63, 3.8) is 0 Å². The second-order valence-electron chi connectivity index (χ2n) is 6.70. The van der Waals surface area contributed by atoms with Gasteiger partial charge in [0.15, 0.2) is 6.29 Å². The zero-order valence-electron chi connectivity index (χ0n) is 15.3. The molecule has 0 amide bonds. The predicted molar refractivity (Wildman–Crippen MR) is 106 cm³/mol. The number of carboxylic acids is 1. The lowest BCUT2D eigenvalue weighted by molar-refractivity contribution is -0.244. The Kier molecular flexibility index (Phi) is 7.09. The highest BCUT2D eigenvalue weighted by Crippen LogP contribution is 2.43. The van der Waals surface area contributed by atoms with Crippen molar-refractivity contribution >= 4 is 17.6 Å². The van der Waals surface area contributed by atoms with Crippen molar-refractivity contribution < 1.29 is 24.5 Å². The molecule has 0 bridgehead atoms. The smallest absolute Gasteiger partial charge is 0.303 e. The highest BCUT2D eigenvalue weighted by molar-refractivity contribution is 6.31. The first-order valence-electron chi connectivity index (χ1n) is 9.22. The molecule has 0 aliphatic carbocycles. The van der Waals surface area contributed by atoms with Crippen molar-refractivity contribution in [2.24, 2.45) is 5.92 Å². The van der Waals surface area contributed by atoms with Gasteiger partial charge < -0.3 is 19.7 Å². The molecule has 1 fully saturated rings. The van der Waals surface area contributed by atoms with E-state index in [-0.39, 0.29) is 24.2 Å². The summed E-state index contributed by atoms with van der Waals surface area (Å²) in [4.78, 5) is 10.6. The lowest BCUT2D eigenvalue weighted by atomic mass is 9.91. The first-order valence-corrected chi connectivity index (χ1v) is 9.60. The van der Waals surface area contributed by atoms with Crippen LogP contribution in [0.4, 0.5) is 0 Å². The summed E-state index contributed by atoms with van der Waals surface area (Å²) in [5, 5.41) is 19.6. The number of benzene rings is 2. The van der Waals surface area contributed by atoms with Gasteiger partial charge in [-0.2, -0.15) is 0 Å². The van der Waals surface area contributed by atoms with Crippen molar-refractivity contribution in [3.8, 4) is 5.75 Å². The number of phenolic OH excluding ortho intramolecular Hbond substituents is 1. The third-order valence-electron chi connectivity index (χ3n) is 4.69. The summed E-state index contributed by atoms with van der Waals surface area (Å²) in [5.74, 6) is -0.663. The summed E-state index contributed by atoms with van der Waals surface area (Å²) in [6, 6.07) is 14.5. The largest absolute Gasteiger partial charge is 0.508 e. The maximum atomic E-state index is 10.6. The van der Waals surface area contributed by atoms with E-state index in [1.807, 2.05) is 42.5 Å². The Morgan fingerprint density at radius 3 is 2.54 bits per heavy atom. The van der Waals surface area contributed by atoms with Gasteiger partial charge in [-0.25, -0.2) is 0 Å². The number of ether oxygens (including phenoxy) is 2. The molecule has 2 aromatic rings. The van der Waals surface area contributed by atoms with E-state index < -0.39 is 12.3 Å². The Morgan fingerprint density at radius 1 is 1.11 bits per heavy atom. The summed E-state index contributed by atoms with van der Waals surface area (Å²) >= 11 is 6.29. The van der Waals surface area contributed by atoms with Crippen LogP contribution in [-0.2, 0) is 14.3 Å². The van der Waals surface area contributed by atoms with Crippen LogP contribution < -0.4 is 0 Å². The molecule has 1 heterocycles. The molecule has 2 N–H and O–H groups in total. The minimum Gasteiger partial charge on any atom is -0.508 e. The van der Waals surface area contributed by atoms with Gasteiger partial charge in [-0.1, -0.05) is 60.2 Å². The second-order valence-corrected chi connectivity index (χ2v) is 7.11. The van der Waals surface area contributed by atoms with E-state index in [1.165, 1.54) is 0 Å². The molecule has 0 spiro atoms. The van der Waals surface area contributed by atoms with Crippen LogP contribution in [0.2, 0.25) is 5.02 Å². The summed E-state index contributed by atoms with van der Waals surface area (Å²) < 4.78 is 12.2. The molecule has 0 aromatic heterocycles. The molecule has 5 nitrogen and oxygen atoms in total. The lowest BCUT2D eigenvalue weighted by Crippen LogP contribution is -2.30. The summed E-state index contributed by atoms with van der Waals surface area (Å²) in [6.07, 6.45) is 4.04. The van der Waals surface area contributed by atoms with Crippen LogP contribution in [0, 0.1) is 5.92 Å². The Morgan fingerprint density at radius 2 is 1.82 bits per heavy atom. The van der Waals surface area contributed by atoms with Crippen LogP contribution in [0.25, 0.3) is 0 Å². The van der Waals surface area contributed by atoms with Gasteiger partial charge in [0.2, 0.25) is 0 Å². The van der Waals surface area contributed by atoms with Crippen LogP contribution in [0.3, 0.4) is 0 Å². The lowest BCUT2D eigenvalue weighted by Gasteiger charge is -2.37. The fraction of sp³-hybridized carbons (Fsp3) is 0.318. The maximum absolute atomic E-state index is 10.6. The number of allylic oxidation sites excluding steroid dienone is 2. The molecule has 1 saturated heterocycles. The van der Waals surface area contributed by atoms with Crippen molar-refractivity contribution in [1.29, 1.82) is 0 Å². The van der Waals surface area contributed by atoms with Crippen LogP contribution in [0.15, 0.2) is 60.7 Å². The number of carbonyl (C=O) groups is 1. The molecule has 1 aliphatic heterocycles. The third-order valence-corrected chi connectivity index (χ3v) is 5.04. The monoisotopic (exact) mass is 402 g/mol. The van der Waals surface area contributed by atoms with Gasteiger partial charge in [0.1, 0.15) is 5.75 Å². The fourth-order valence-electron chi connectivity index (χ4n) is 3.25. The molecular formula is C22H23ClO5. The van der Waals surface area contributed by atoms with Crippen LogP contribution in [-0.4, -0.2) is 22.8 Å². The average molecular weight is 403 g/mol. The van der Waals surface area contributed by atoms with Crippen LogP contribution in [0.5, 0.6) is 5.75 Å². The number of halogens is 1. The molecule has 0 saturated carbocycles. The van der Waals surface area contributed by atoms with E-state index in [2.05, 4.69) is 0 Å². The predicted octanol–water partition coefficient (Wildman–Crippen LogP) is 5.26. The fourth-order valence-corrected chi connectivity index (χ4v) is 3.48. The molecule has 6 heteroatoms. The number of carboxylic acid groups (broad SMARTS) is 1. The van der Waals surface area contributed by atoms with Gasteiger partial charge in [0, 0.05) is 28.5 Å². The Labute approximate surface area is 169 Å². The van der Waals surface area contributed by atoms with Crippen molar-refractivity contribution in [2.75, 3.05) is 6.61 Å². The van der Waals surface area contributed by atoms with Crippen LogP contribution >= 0.6 is 11.6 Å². The number of para-hydroxylation sites is 1. The van der Waals surface area contributed by atoms with Gasteiger partial charge in [-0.15, -0.1) is 0 Å². The number of aromatic hydroxyl groups is 1. The van der Waals surface area contributed by atoms with E-state index in [4.69, 9.17) is 26.2 Å². The van der Waals surface area contributed by atoms with E-state index >= 15 is 0 Å². The third kappa shape index (κ3) is 5.13. The van der Waals surface area contributed by atoms with E-state index in [0.717, 1.165) is 5.56 Å². The zero-order valence-corrected chi connectivity index (χ0v) is 16.1. The topological polar surface area (TPSA) is 76.0 Å². The Hall–Kier alpha value is -2.34. The number of aliphatic carboxylic acids is 1. The van der Waals surface area contributed by atoms with Gasteiger partial charge in [0.05, 0.1) is 12.7 Å². The molecule has 148 valence electrons. The normalized spacial score (nSPS) is 22.4. The molecular weight excluding hydrogens is 380 g/mol.